The second-order valence-corrected chi connectivity index (χ2v) is 7.70. The molecule has 6 nitrogen and oxygen atoms in total. The molecule has 1 saturated heterocycles. The molecule has 0 bridgehead atoms. The summed E-state index contributed by atoms with van der Waals surface area (Å²) in [5, 5.41) is 6.03. The fourth-order valence-electron chi connectivity index (χ4n) is 3.31. The largest absolute Gasteiger partial charge is 0.354 e. The van der Waals surface area contributed by atoms with Crippen LogP contribution in [0.1, 0.15) is 58.3 Å². The van der Waals surface area contributed by atoms with Crippen molar-refractivity contribution in [1.82, 2.24) is 15.5 Å². The Morgan fingerprint density at radius 3 is 2.62 bits per heavy atom. The molecular formula is C17H29N3O3S. The van der Waals surface area contributed by atoms with Crippen LogP contribution in [-0.2, 0) is 9.59 Å². The monoisotopic (exact) mass is 355 g/mol. The Morgan fingerprint density at radius 2 is 2.00 bits per heavy atom. The predicted octanol–water partition coefficient (Wildman–Crippen LogP) is 2.28. The molecule has 0 unspecified atom stereocenters. The summed E-state index contributed by atoms with van der Waals surface area (Å²) in [5.41, 5.74) is -0.757. The van der Waals surface area contributed by atoms with Gasteiger partial charge in [0, 0.05) is 31.8 Å². The van der Waals surface area contributed by atoms with Crippen molar-refractivity contribution in [2.24, 2.45) is 0 Å². The molecule has 24 heavy (non-hydrogen) atoms. The van der Waals surface area contributed by atoms with Crippen LogP contribution in [0.2, 0.25) is 0 Å². The highest BCUT2D eigenvalue weighted by Crippen LogP contribution is 2.29. The van der Waals surface area contributed by atoms with Crippen LogP contribution in [0, 0.1) is 0 Å². The summed E-state index contributed by atoms with van der Waals surface area (Å²) in [6, 6.07) is 0. The Hall–Kier alpha value is -1.24. The average Bonchev–Trinajstić information content (AvgIpc) is 2.99. The van der Waals surface area contributed by atoms with Gasteiger partial charge in [0.1, 0.15) is 5.54 Å². The van der Waals surface area contributed by atoms with Crippen molar-refractivity contribution in [3.63, 3.8) is 0 Å². The fraction of sp³-hybridized carbons (Fsp3) is 0.824. The first kappa shape index (κ1) is 19.1. The third-order valence-corrected chi connectivity index (χ3v) is 5.68. The molecule has 7 heteroatoms. The van der Waals surface area contributed by atoms with Crippen molar-refractivity contribution >= 4 is 28.8 Å². The molecule has 136 valence electrons. The quantitative estimate of drug-likeness (QED) is 0.655. The van der Waals surface area contributed by atoms with Crippen LogP contribution in [0.3, 0.4) is 0 Å². The van der Waals surface area contributed by atoms with Gasteiger partial charge in [0.05, 0.1) is 0 Å². The number of amides is 3. The first-order valence-corrected chi connectivity index (χ1v) is 10.1. The lowest BCUT2D eigenvalue weighted by Gasteiger charge is -2.36. The molecule has 0 aromatic heterocycles. The predicted molar refractivity (Wildman–Crippen MR) is 95.9 cm³/mol. The maximum atomic E-state index is 12.6. The van der Waals surface area contributed by atoms with Crippen molar-refractivity contribution in [3.05, 3.63) is 0 Å². The molecule has 2 rings (SSSR count). The van der Waals surface area contributed by atoms with Crippen LogP contribution in [-0.4, -0.2) is 52.9 Å². The molecular weight excluding hydrogens is 326 g/mol. The lowest BCUT2D eigenvalue weighted by molar-refractivity contribution is -0.135. The lowest BCUT2D eigenvalue weighted by atomic mass is 9.80. The van der Waals surface area contributed by atoms with Gasteiger partial charge in [0.15, 0.2) is 0 Å². The summed E-state index contributed by atoms with van der Waals surface area (Å²) in [6.45, 7) is 3.89. The zero-order chi connectivity index (χ0) is 17.4. The minimum Gasteiger partial charge on any atom is -0.354 e. The van der Waals surface area contributed by atoms with E-state index in [1.807, 2.05) is 0 Å². The molecule has 0 radical (unpaired) electrons. The Balaban J connectivity index is 1.88. The second-order valence-electron chi connectivity index (χ2n) is 6.65. The number of rotatable bonds is 8. The number of carbonyl (C=O) groups is 3. The van der Waals surface area contributed by atoms with Gasteiger partial charge in [-0.1, -0.05) is 44.4 Å². The van der Waals surface area contributed by atoms with E-state index in [2.05, 4.69) is 17.6 Å². The molecule has 1 aliphatic heterocycles. The zero-order valence-electron chi connectivity index (χ0n) is 14.6. The lowest BCUT2D eigenvalue weighted by Crippen LogP contribution is -2.60. The van der Waals surface area contributed by atoms with Crippen LogP contribution in [0.5, 0.6) is 0 Å². The highest BCUT2D eigenvalue weighted by Gasteiger charge is 2.40. The van der Waals surface area contributed by atoms with Gasteiger partial charge in [-0.25, -0.2) is 0 Å². The van der Waals surface area contributed by atoms with Crippen molar-refractivity contribution in [3.8, 4) is 0 Å². The topological polar surface area (TPSA) is 78.5 Å². The summed E-state index contributed by atoms with van der Waals surface area (Å²) in [6.07, 6.45) is 6.68. The van der Waals surface area contributed by atoms with Gasteiger partial charge in [-0.15, -0.1) is 0 Å². The minimum absolute atomic E-state index is 0.0446. The summed E-state index contributed by atoms with van der Waals surface area (Å²) >= 11 is 1.30. The van der Waals surface area contributed by atoms with E-state index in [4.69, 9.17) is 0 Å². The fourth-order valence-corrected chi connectivity index (χ4v) is 4.16. The van der Waals surface area contributed by atoms with Gasteiger partial charge in [0.2, 0.25) is 11.8 Å². The number of nitrogens with one attached hydrogen (secondary N) is 2. The van der Waals surface area contributed by atoms with Gasteiger partial charge in [-0.05, 0) is 19.3 Å². The van der Waals surface area contributed by atoms with Crippen LogP contribution in [0.4, 0.5) is 4.79 Å². The van der Waals surface area contributed by atoms with E-state index in [1.165, 1.54) is 11.8 Å². The van der Waals surface area contributed by atoms with Gasteiger partial charge in [-0.2, -0.15) is 0 Å². The summed E-state index contributed by atoms with van der Waals surface area (Å²) < 4.78 is 0. The standard InChI is InChI=1S/C17H29N3O3S/c1-2-3-10-18-15(22)17(8-5-4-6-9-17)19-14(21)7-11-20-12-13-24-16(20)23/h2-13H2,1H3,(H,18,22)(H,19,21). The van der Waals surface area contributed by atoms with Gasteiger partial charge in [-0.3, -0.25) is 14.4 Å². The molecule has 0 aromatic rings. The SMILES string of the molecule is CCCCNC(=O)C1(NC(=O)CCN2CCSC2=O)CCCCC1. The van der Waals surface area contributed by atoms with Gasteiger partial charge >= 0.3 is 0 Å². The van der Waals surface area contributed by atoms with E-state index in [9.17, 15) is 14.4 Å². The highest BCUT2D eigenvalue weighted by atomic mass is 32.2. The zero-order valence-corrected chi connectivity index (χ0v) is 15.4. The van der Waals surface area contributed by atoms with Gasteiger partial charge in [0.25, 0.3) is 5.24 Å². The molecule has 2 aliphatic rings. The van der Waals surface area contributed by atoms with E-state index in [1.54, 1.807) is 4.90 Å². The molecule has 0 spiro atoms. The van der Waals surface area contributed by atoms with Crippen molar-refractivity contribution in [1.29, 1.82) is 0 Å². The molecule has 0 atom stereocenters. The minimum atomic E-state index is -0.757. The van der Waals surface area contributed by atoms with Crippen molar-refractivity contribution < 1.29 is 14.4 Å². The Kier molecular flexibility index (Phi) is 7.40. The van der Waals surface area contributed by atoms with E-state index >= 15 is 0 Å². The Bertz CT molecular complexity index is 464. The molecule has 1 aliphatic carbocycles. The number of hydrogen-bond acceptors (Lipinski definition) is 4. The highest BCUT2D eigenvalue weighted by molar-refractivity contribution is 8.13. The molecule has 1 heterocycles. The Morgan fingerprint density at radius 1 is 1.25 bits per heavy atom. The van der Waals surface area contributed by atoms with Crippen molar-refractivity contribution in [2.75, 3.05) is 25.4 Å². The van der Waals surface area contributed by atoms with E-state index in [0.717, 1.165) is 37.9 Å². The van der Waals surface area contributed by atoms with Crippen LogP contribution in [0.25, 0.3) is 0 Å². The Labute approximate surface area is 148 Å². The third kappa shape index (κ3) is 5.13. The molecule has 2 fully saturated rings. The number of nitrogens with zero attached hydrogens (tertiary/aromatic N) is 1. The second kappa shape index (κ2) is 9.30. The summed E-state index contributed by atoms with van der Waals surface area (Å²) in [7, 11) is 0. The molecule has 3 amide bonds. The maximum Gasteiger partial charge on any atom is 0.281 e. The van der Waals surface area contributed by atoms with Crippen LogP contribution < -0.4 is 10.6 Å². The van der Waals surface area contributed by atoms with E-state index in [-0.39, 0.29) is 23.5 Å². The first-order chi connectivity index (χ1) is 11.6. The average molecular weight is 356 g/mol. The molecule has 1 saturated carbocycles. The van der Waals surface area contributed by atoms with E-state index < -0.39 is 5.54 Å². The van der Waals surface area contributed by atoms with E-state index in [0.29, 0.717) is 32.5 Å². The van der Waals surface area contributed by atoms with Gasteiger partial charge < -0.3 is 15.5 Å². The first-order valence-electron chi connectivity index (χ1n) is 9.08. The van der Waals surface area contributed by atoms with Crippen LogP contribution in [0.15, 0.2) is 0 Å². The summed E-state index contributed by atoms with van der Waals surface area (Å²) in [5.74, 6) is 0.619. The number of thioether (sulfide) groups is 1. The molecule has 0 aromatic carbocycles. The number of unbranched alkanes of at least 4 members (excludes halogenated alkanes) is 1. The maximum absolute atomic E-state index is 12.6. The molecule has 2 N–H and O–H groups in total. The normalized spacial score (nSPS) is 20.0. The third-order valence-electron chi connectivity index (χ3n) is 4.79. The summed E-state index contributed by atoms with van der Waals surface area (Å²) in [4.78, 5) is 38.3. The van der Waals surface area contributed by atoms with Crippen molar-refractivity contribution in [2.45, 2.75) is 63.8 Å². The van der Waals surface area contributed by atoms with Crippen LogP contribution >= 0.6 is 11.8 Å². The smallest absolute Gasteiger partial charge is 0.281 e. The number of hydrogen-bond donors (Lipinski definition) is 2. The number of carbonyl (C=O) groups excluding carboxylic acids is 3.